The first kappa shape index (κ1) is 18.5. The summed E-state index contributed by atoms with van der Waals surface area (Å²) in [5, 5.41) is 7.94. The monoisotopic (exact) mass is 332 g/mol. The molecule has 0 aromatic heterocycles. The molecule has 24 heavy (non-hydrogen) atoms. The topological polar surface area (TPSA) is 74.8 Å². The summed E-state index contributed by atoms with van der Waals surface area (Å²) in [6.45, 7) is 7.60. The summed E-state index contributed by atoms with van der Waals surface area (Å²) in [4.78, 5) is 25.0. The van der Waals surface area contributed by atoms with Gasteiger partial charge in [0.15, 0.2) is 6.04 Å². The normalized spacial score (nSPS) is 17.9. The second-order valence-corrected chi connectivity index (χ2v) is 7.00. The van der Waals surface area contributed by atoms with E-state index in [9.17, 15) is 9.59 Å². The van der Waals surface area contributed by atoms with Gasteiger partial charge in [0, 0.05) is 18.5 Å². The summed E-state index contributed by atoms with van der Waals surface area (Å²) in [5.74, 6) is 0.232. The van der Waals surface area contributed by atoms with Gasteiger partial charge >= 0.3 is 0 Å². The van der Waals surface area contributed by atoms with Crippen LogP contribution in [0.15, 0.2) is 24.3 Å². The number of quaternary nitrogens is 1. The molecule has 2 amide bonds. The van der Waals surface area contributed by atoms with Crippen LogP contribution in [0.25, 0.3) is 0 Å². The lowest BCUT2D eigenvalue weighted by molar-refractivity contribution is -0.695. The van der Waals surface area contributed by atoms with E-state index in [2.05, 4.69) is 41.9 Å². The molecular weight excluding hydrogens is 302 g/mol. The van der Waals surface area contributed by atoms with Gasteiger partial charge in [-0.05, 0) is 24.3 Å². The van der Waals surface area contributed by atoms with Gasteiger partial charge in [0.25, 0.3) is 5.91 Å². The molecule has 0 spiro atoms. The van der Waals surface area contributed by atoms with Crippen molar-refractivity contribution in [3.05, 3.63) is 35.4 Å². The lowest BCUT2D eigenvalue weighted by Crippen LogP contribution is -2.93. The van der Waals surface area contributed by atoms with Crippen LogP contribution in [0, 0.1) is 5.92 Å². The number of hydrogen-bond donors (Lipinski definition) is 3. The van der Waals surface area contributed by atoms with Crippen molar-refractivity contribution >= 4 is 11.8 Å². The minimum absolute atomic E-state index is 0.0400. The smallest absolute Gasteiger partial charge is 0.279 e. The largest absolute Gasteiger partial charge is 0.354 e. The summed E-state index contributed by atoms with van der Waals surface area (Å²) in [6, 6.07) is 7.63. The third-order valence-electron chi connectivity index (χ3n) is 4.41. The number of nitrogens with two attached hydrogens (primary N) is 1. The highest BCUT2D eigenvalue weighted by atomic mass is 16.2. The van der Waals surface area contributed by atoms with Crippen LogP contribution in [0.4, 0.5) is 0 Å². The van der Waals surface area contributed by atoms with Gasteiger partial charge in [-0.3, -0.25) is 9.59 Å². The molecule has 1 aromatic carbocycles. The lowest BCUT2D eigenvalue weighted by atomic mass is 9.95. The molecule has 4 N–H and O–H groups in total. The Morgan fingerprint density at radius 3 is 2.62 bits per heavy atom. The van der Waals surface area contributed by atoms with Gasteiger partial charge in [0.2, 0.25) is 5.91 Å². The zero-order valence-electron chi connectivity index (χ0n) is 15.0. The van der Waals surface area contributed by atoms with E-state index in [-0.39, 0.29) is 17.9 Å². The Hall–Kier alpha value is -1.88. The van der Waals surface area contributed by atoms with E-state index in [1.807, 2.05) is 19.1 Å². The number of amides is 2. The molecule has 1 aliphatic heterocycles. The maximum absolute atomic E-state index is 12.7. The molecule has 0 radical (unpaired) electrons. The fourth-order valence-corrected chi connectivity index (χ4v) is 3.10. The maximum Gasteiger partial charge on any atom is 0.279 e. The van der Waals surface area contributed by atoms with Crippen LogP contribution >= 0.6 is 0 Å². The molecule has 132 valence electrons. The highest BCUT2D eigenvalue weighted by molar-refractivity contribution is 5.89. The molecule has 1 heterocycles. The van der Waals surface area contributed by atoms with E-state index < -0.39 is 6.04 Å². The molecule has 5 nitrogen and oxygen atoms in total. The van der Waals surface area contributed by atoms with Crippen molar-refractivity contribution in [1.29, 1.82) is 0 Å². The Bertz CT molecular complexity index is 571. The zero-order valence-corrected chi connectivity index (χ0v) is 15.0. The molecule has 2 rings (SSSR count). The number of nitrogens with one attached hydrogen (secondary N) is 2. The first-order valence-electron chi connectivity index (χ1n) is 8.99. The van der Waals surface area contributed by atoms with Crippen molar-refractivity contribution in [3.8, 4) is 0 Å². The molecule has 0 aliphatic carbocycles. The third-order valence-corrected chi connectivity index (χ3v) is 4.41. The standard InChI is InChI=1S/C19H29N3O2/c1-4-9-20-18(23)17(10-13(2)3)22-19(24)16-11-14-7-5-6-8-15(14)12-21-16/h5-8,13,16-17,21H,4,9-12H2,1-3H3,(H,20,23)(H,22,24)/p+1/t16-,17+/m0/s1. The quantitative estimate of drug-likeness (QED) is 0.689. The Balaban J connectivity index is 1.98. The molecule has 0 saturated carbocycles. The van der Waals surface area contributed by atoms with E-state index in [1.165, 1.54) is 11.1 Å². The van der Waals surface area contributed by atoms with Crippen molar-refractivity contribution in [1.82, 2.24) is 10.6 Å². The van der Waals surface area contributed by atoms with E-state index in [1.54, 1.807) is 0 Å². The number of hydrogen-bond acceptors (Lipinski definition) is 2. The second-order valence-electron chi connectivity index (χ2n) is 7.00. The minimum Gasteiger partial charge on any atom is -0.354 e. The van der Waals surface area contributed by atoms with Gasteiger partial charge < -0.3 is 16.0 Å². The van der Waals surface area contributed by atoms with Gasteiger partial charge in [-0.15, -0.1) is 0 Å². The minimum atomic E-state index is -0.449. The SMILES string of the molecule is CCCNC(=O)[C@@H](CC(C)C)NC(=O)[C@@H]1Cc2ccccc2C[NH2+]1. The van der Waals surface area contributed by atoms with Crippen LogP contribution in [0.2, 0.25) is 0 Å². The first-order valence-corrected chi connectivity index (χ1v) is 8.99. The second kappa shape index (κ2) is 8.83. The summed E-state index contributed by atoms with van der Waals surface area (Å²) in [6.07, 6.45) is 2.26. The molecule has 0 bridgehead atoms. The number of carbonyl (C=O) groups excluding carboxylic acids is 2. The average Bonchev–Trinajstić information content (AvgIpc) is 2.58. The van der Waals surface area contributed by atoms with Gasteiger partial charge in [0.05, 0.1) is 0 Å². The highest BCUT2D eigenvalue weighted by Crippen LogP contribution is 2.13. The zero-order chi connectivity index (χ0) is 17.5. The van der Waals surface area contributed by atoms with Crippen molar-refractivity contribution < 1.29 is 14.9 Å². The van der Waals surface area contributed by atoms with E-state index in [0.29, 0.717) is 25.3 Å². The molecule has 5 heteroatoms. The van der Waals surface area contributed by atoms with Crippen molar-refractivity contribution in [2.75, 3.05) is 6.54 Å². The summed E-state index contributed by atoms with van der Waals surface area (Å²) in [5.41, 5.74) is 2.52. The fourth-order valence-electron chi connectivity index (χ4n) is 3.10. The van der Waals surface area contributed by atoms with Crippen LogP contribution in [-0.2, 0) is 22.6 Å². The molecule has 1 aliphatic rings. The number of carbonyl (C=O) groups is 2. The van der Waals surface area contributed by atoms with Crippen LogP contribution in [0.5, 0.6) is 0 Å². The van der Waals surface area contributed by atoms with Crippen LogP contribution in [0.1, 0.15) is 44.7 Å². The van der Waals surface area contributed by atoms with Crippen LogP contribution in [0.3, 0.4) is 0 Å². The summed E-state index contributed by atoms with van der Waals surface area (Å²) in [7, 11) is 0. The molecule has 0 unspecified atom stereocenters. The highest BCUT2D eigenvalue weighted by Gasteiger charge is 2.31. The third kappa shape index (κ3) is 5.06. The van der Waals surface area contributed by atoms with Gasteiger partial charge in [0.1, 0.15) is 12.6 Å². The number of benzene rings is 1. The first-order chi connectivity index (χ1) is 11.5. The fraction of sp³-hybridized carbons (Fsp3) is 0.579. The van der Waals surface area contributed by atoms with E-state index in [4.69, 9.17) is 0 Å². The predicted octanol–water partition coefficient (Wildman–Crippen LogP) is 0.732. The molecule has 1 aromatic rings. The predicted molar refractivity (Wildman–Crippen MR) is 94.2 cm³/mol. The number of rotatable bonds is 7. The van der Waals surface area contributed by atoms with Crippen molar-refractivity contribution in [2.24, 2.45) is 5.92 Å². The van der Waals surface area contributed by atoms with Crippen LogP contribution in [-0.4, -0.2) is 30.4 Å². The number of fused-ring (bicyclic) bond motifs is 1. The molecular formula is C19H30N3O2+. The summed E-state index contributed by atoms with van der Waals surface area (Å²) < 4.78 is 0. The maximum atomic E-state index is 12.7. The van der Waals surface area contributed by atoms with E-state index in [0.717, 1.165) is 13.0 Å². The Morgan fingerprint density at radius 1 is 1.25 bits per heavy atom. The molecule has 0 fully saturated rings. The average molecular weight is 332 g/mol. The summed E-state index contributed by atoms with van der Waals surface area (Å²) >= 11 is 0. The lowest BCUT2D eigenvalue weighted by Gasteiger charge is -2.25. The van der Waals surface area contributed by atoms with Crippen LogP contribution < -0.4 is 16.0 Å². The van der Waals surface area contributed by atoms with Gasteiger partial charge in [-0.2, -0.15) is 0 Å². The Kier molecular flexibility index (Phi) is 6.79. The van der Waals surface area contributed by atoms with Gasteiger partial charge in [-0.25, -0.2) is 0 Å². The Labute approximate surface area is 144 Å². The van der Waals surface area contributed by atoms with Gasteiger partial charge in [-0.1, -0.05) is 45.0 Å². The van der Waals surface area contributed by atoms with Crippen molar-refractivity contribution in [3.63, 3.8) is 0 Å². The van der Waals surface area contributed by atoms with Crippen molar-refractivity contribution in [2.45, 2.75) is 58.7 Å². The molecule has 0 saturated heterocycles. The molecule has 2 atom stereocenters. The Morgan fingerprint density at radius 2 is 1.96 bits per heavy atom. The van der Waals surface area contributed by atoms with E-state index >= 15 is 0 Å².